The monoisotopic (exact) mass is 720 g/mol. The average Bonchev–Trinajstić information content (AvgIpc) is 3.17. The Bertz CT molecular complexity index is 1760. The molecule has 4 aromatic carbocycles. The van der Waals surface area contributed by atoms with E-state index in [-0.39, 0.29) is 18.1 Å². The number of carbonyl (C=O) groups is 1. The van der Waals surface area contributed by atoms with Gasteiger partial charge in [-0.2, -0.15) is 0 Å². The summed E-state index contributed by atoms with van der Waals surface area (Å²) in [7, 11) is 8.58. The molecule has 272 valence electrons. The van der Waals surface area contributed by atoms with Crippen LogP contribution in [0.3, 0.4) is 0 Å². The number of ether oxygens (including phenoxy) is 8. The van der Waals surface area contributed by atoms with Crippen molar-refractivity contribution in [2.75, 3.05) is 68.4 Å². The summed E-state index contributed by atoms with van der Waals surface area (Å²) in [6.07, 6.45) is 1.56. The van der Waals surface area contributed by atoms with E-state index in [0.29, 0.717) is 92.2 Å². The molecule has 4 aromatic rings. The Balaban J connectivity index is 2.03. The molecule has 0 atom stereocenters. The molecule has 0 fully saturated rings. The number of hydrogen-bond acceptors (Lipinski definition) is 11. The molecule has 51 heavy (non-hydrogen) atoms. The van der Waals surface area contributed by atoms with Crippen molar-refractivity contribution in [3.05, 3.63) is 66.2 Å². The van der Waals surface area contributed by atoms with Crippen molar-refractivity contribution in [1.29, 1.82) is 5.26 Å². The van der Waals surface area contributed by atoms with Gasteiger partial charge in [-0.3, -0.25) is 0 Å². The molecule has 0 radical (unpaired) electrons. The third-order valence-electron chi connectivity index (χ3n) is 8.72. The van der Waals surface area contributed by atoms with E-state index in [1.165, 1.54) is 20.3 Å². The van der Waals surface area contributed by atoms with E-state index >= 15 is 0 Å². The van der Waals surface area contributed by atoms with Gasteiger partial charge in [0.25, 0.3) is 0 Å². The van der Waals surface area contributed by atoms with Crippen molar-refractivity contribution in [1.82, 2.24) is 0 Å². The second-order valence-electron chi connectivity index (χ2n) is 11.4. The zero-order valence-corrected chi connectivity index (χ0v) is 31.2. The van der Waals surface area contributed by atoms with E-state index in [1.54, 1.807) is 97.3 Å². The van der Waals surface area contributed by atoms with Crippen LogP contribution in [-0.4, -0.2) is 74.1 Å². The zero-order chi connectivity index (χ0) is 37.1. The van der Waals surface area contributed by atoms with E-state index in [4.69, 9.17) is 43.2 Å². The van der Waals surface area contributed by atoms with Crippen LogP contribution in [0.15, 0.2) is 60.7 Å². The summed E-state index contributed by atoms with van der Waals surface area (Å²) in [5.74, 6) is 3.22. The van der Waals surface area contributed by atoms with Crippen molar-refractivity contribution in [3.8, 4) is 57.8 Å². The molecule has 1 amide bonds. The first-order valence-corrected chi connectivity index (χ1v) is 18.2. The van der Waals surface area contributed by atoms with Gasteiger partial charge in [0.15, 0.2) is 0 Å². The second-order valence-corrected chi connectivity index (χ2v) is 15.2. The van der Waals surface area contributed by atoms with Gasteiger partial charge in [0.1, 0.15) is 0 Å². The first-order valence-electron chi connectivity index (χ1n) is 16.0. The number of rotatable bonds is 17. The molecule has 0 spiro atoms. The summed E-state index contributed by atoms with van der Waals surface area (Å²) in [6, 6.07) is 19.1. The summed E-state index contributed by atoms with van der Waals surface area (Å²) in [6.45, 7) is 0. The predicted molar refractivity (Wildman–Crippen MR) is 199 cm³/mol. The van der Waals surface area contributed by atoms with Crippen molar-refractivity contribution < 1.29 is 47.8 Å². The molecule has 13 heteroatoms. The van der Waals surface area contributed by atoms with Crippen LogP contribution in [-0.2, 0) is 4.79 Å². The number of nitrogens with one attached hydrogen (secondary N) is 1. The number of methoxy groups -OCH3 is 8. The van der Waals surface area contributed by atoms with E-state index in [0.717, 1.165) is 0 Å². The number of aromatic hydroxyl groups is 1. The molecular weight excluding hydrogens is 675 g/mol. The van der Waals surface area contributed by atoms with Crippen LogP contribution in [0.5, 0.6) is 51.7 Å². The molecule has 0 saturated heterocycles. The Hall–Kier alpha value is -5.53. The molecule has 0 aromatic heterocycles. The van der Waals surface area contributed by atoms with E-state index in [2.05, 4.69) is 11.4 Å². The van der Waals surface area contributed by atoms with Crippen LogP contribution in [0.1, 0.15) is 24.8 Å². The van der Waals surface area contributed by atoms with Crippen LogP contribution in [0.4, 0.5) is 5.69 Å². The van der Waals surface area contributed by atoms with Gasteiger partial charge in [-0.05, 0) is 0 Å². The molecule has 0 aliphatic carbocycles. The number of nitriles is 1. The van der Waals surface area contributed by atoms with E-state index < -0.39 is 7.26 Å². The topological polar surface area (TPSA) is 147 Å². The van der Waals surface area contributed by atoms with Crippen LogP contribution >= 0.6 is 7.26 Å². The first-order chi connectivity index (χ1) is 24.7. The van der Waals surface area contributed by atoms with Crippen molar-refractivity contribution in [2.24, 2.45) is 0 Å². The SMILES string of the molecule is COc1cc(O)c([PH](CCCCC(=O)Nc2ccc(C#N)cc2)(c2c(OC)cc(OC)cc2OC)c2c(OC)cc(OC)cc2OC)c(OC)c1. The number of phenols is 1. The standard InChI is InChI=1S/C38H45N2O10P/c1-43-26-17-29(41)36(30(18-26)46-4)51(37-31(47-5)19-27(44-2)20-32(37)48-6,38-33(49-7)21-28(45-3)22-34(38)50-8)16-10-9-11-35(42)40-25-14-12-24(23-39)13-15-25/h12-15,17-22,41,51H,9-11,16H2,1-8H3,(H,40,42). The maximum absolute atomic E-state index is 13.1. The molecule has 0 aliphatic rings. The Morgan fingerprint density at radius 3 is 1.43 bits per heavy atom. The minimum atomic E-state index is -3.76. The predicted octanol–water partition coefficient (Wildman–Crippen LogP) is 5.17. The summed E-state index contributed by atoms with van der Waals surface area (Å²) < 4.78 is 47.2. The molecule has 12 nitrogen and oxygen atoms in total. The van der Waals surface area contributed by atoms with Crippen LogP contribution in [0.25, 0.3) is 0 Å². The molecular formula is C38H45N2O10P. The van der Waals surface area contributed by atoms with Gasteiger partial charge in [-0.25, -0.2) is 0 Å². The van der Waals surface area contributed by atoms with Crippen LogP contribution < -0.4 is 59.1 Å². The van der Waals surface area contributed by atoms with Gasteiger partial charge >= 0.3 is 299 Å². The summed E-state index contributed by atoms with van der Waals surface area (Å²) in [5.41, 5.74) is 1.09. The molecule has 0 heterocycles. The molecule has 0 bridgehead atoms. The molecule has 2 N–H and O–H groups in total. The quantitative estimate of drug-likeness (QED) is 0.110. The van der Waals surface area contributed by atoms with E-state index in [9.17, 15) is 9.90 Å². The second kappa shape index (κ2) is 17.4. The van der Waals surface area contributed by atoms with Crippen molar-refractivity contribution in [2.45, 2.75) is 19.3 Å². The third kappa shape index (κ3) is 7.95. The van der Waals surface area contributed by atoms with Crippen molar-refractivity contribution >= 4 is 34.8 Å². The summed E-state index contributed by atoms with van der Waals surface area (Å²) in [5, 5.41) is 25.9. The molecule has 0 aliphatic heterocycles. The minimum absolute atomic E-state index is 0.0868. The molecule has 0 saturated carbocycles. The Morgan fingerprint density at radius 2 is 1.04 bits per heavy atom. The number of benzene rings is 4. The van der Waals surface area contributed by atoms with Gasteiger partial charge < -0.3 is 0 Å². The Kier molecular flexibility index (Phi) is 13.1. The Labute approximate surface area is 299 Å². The Morgan fingerprint density at radius 1 is 0.627 bits per heavy atom. The first kappa shape index (κ1) is 38.3. The number of unbranched alkanes of at least 4 members (excludes halogenated alkanes) is 1. The number of phenolic OH excluding ortho intramolecular Hbond substituents is 1. The summed E-state index contributed by atoms with van der Waals surface area (Å²) in [4.78, 5) is 13.1. The van der Waals surface area contributed by atoms with Gasteiger partial charge in [0.2, 0.25) is 0 Å². The van der Waals surface area contributed by atoms with Crippen molar-refractivity contribution in [3.63, 3.8) is 0 Å². The van der Waals surface area contributed by atoms with Gasteiger partial charge in [0, 0.05) is 0 Å². The van der Waals surface area contributed by atoms with Crippen LogP contribution in [0.2, 0.25) is 0 Å². The maximum atomic E-state index is 13.1. The van der Waals surface area contributed by atoms with Gasteiger partial charge in [-0.1, -0.05) is 0 Å². The number of anilines is 1. The molecule has 4 rings (SSSR count). The number of carbonyl (C=O) groups excluding carboxylic acids is 1. The average molecular weight is 721 g/mol. The zero-order valence-electron chi connectivity index (χ0n) is 30.2. The van der Waals surface area contributed by atoms with E-state index in [1.807, 2.05) is 0 Å². The number of amides is 1. The fourth-order valence-corrected chi connectivity index (χ4v) is 12.2. The fraction of sp³-hybridized carbons (Fsp3) is 0.316. The number of hydrogen-bond donors (Lipinski definition) is 2. The third-order valence-corrected chi connectivity index (χ3v) is 13.9. The van der Waals surface area contributed by atoms with Gasteiger partial charge in [0.05, 0.1) is 0 Å². The molecule has 0 unspecified atom stereocenters. The van der Waals surface area contributed by atoms with Gasteiger partial charge in [-0.15, -0.1) is 0 Å². The van der Waals surface area contributed by atoms with Crippen LogP contribution in [0, 0.1) is 11.3 Å². The summed E-state index contributed by atoms with van der Waals surface area (Å²) >= 11 is 0. The normalized spacial score (nSPS) is 11.1. The fourth-order valence-electron chi connectivity index (χ4n) is 6.41. The number of nitrogens with zero attached hydrogens (tertiary/aromatic N) is 1.